The molecule has 0 aliphatic rings. The van der Waals surface area contributed by atoms with E-state index in [-0.39, 0.29) is 11.7 Å². The first kappa shape index (κ1) is 15.2. The van der Waals surface area contributed by atoms with E-state index in [0.29, 0.717) is 19.4 Å². The standard InChI is InChI=1S/C17H19FN2O/c18-15-8-6-13(7-9-15)10-11-20-17(21)16(19)12-14-4-2-1-3-5-14/h1-9,16H,10-12,19H2,(H,20,21). The molecule has 0 spiro atoms. The van der Waals surface area contributed by atoms with Gasteiger partial charge in [-0.15, -0.1) is 0 Å². The largest absolute Gasteiger partial charge is 0.354 e. The van der Waals surface area contributed by atoms with Crippen molar-refractivity contribution in [1.29, 1.82) is 0 Å². The number of hydrogen-bond donors (Lipinski definition) is 2. The van der Waals surface area contributed by atoms with E-state index >= 15 is 0 Å². The van der Waals surface area contributed by atoms with Gasteiger partial charge >= 0.3 is 0 Å². The van der Waals surface area contributed by atoms with E-state index < -0.39 is 6.04 Å². The minimum Gasteiger partial charge on any atom is -0.354 e. The summed E-state index contributed by atoms with van der Waals surface area (Å²) < 4.78 is 12.8. The Labute approximate surface area is 124 Å². The summed E-state index contributed by atoms with van der Waals surface area (Å²) in [7, 11) is 0. The van der Waals surface area contributed by atoms with Gasteiger partial charge in [-0.3, -0.25) is 4.79 Å². The van der Waals surface area contributed by atoms with Crippen molar-refractivity contribution in [3.8, 4) is 0 Å². The van der Waals surface area contributed by atoms with Crippen LogP contribution in [0.3, 0.4) is 0 Å². The maximum atomic E-state index is 12.8. The quantitative estimate of drug-likeness (QED) is 0.854. The number of carbonyl (C=O) groups excluding carboxylic acids is 1. The fourth-order valence-electron chi connectivity index (χ4n) is 2.07. The third-order valence-electron chi connectivity index (χ3n) is 3.26. The second kappa shape index (κ2) is 7.55. The van der Waals surface area contributed by atoms with Crippen LogP contribution in [-0.2, 0) is 17.6 Å². The molecule has 0 aromatic heterocycles. The van der Waals surface area contributed by atoms with Crippen LogP contribution in [0.2, 0.25) is 0 Å². The van der Waals surface area contributed by atoms with Gasteiger partial charge in [-0.2, -0.15) is 0 Å². The van der Waals surface area contributed by atoms with Crippen molar-refractivity contribution in [2.75, 3.05) is 6.54 Å². The molecule has 21 heavy (non-hydrogen) atoms. The summed E-state index contributed by atoms with van der Waals surface area (Å²) in [6.45, 7) is 0.493. The first-order valence-electron chi connectivity index (χ1n) is 6.97. The first-order chi connectivity index (χ1) is 10.1. The van der Waals surface area contributed by atoms with Crippen LogP contribution in [0.25, 0.3) is 0 Å². The summed E-state index contributed by atoms with van der Waals surface area (Å²) in [5, 5.41) is 2.81. The van der Waals surface area contributed by atoms with Gasteiger partial charge in [0.1, 0.15) is 5.82 Å². The molecule has 0 aliphatic carbocycles. The third-order valence-corrected chi connectivity index (χ3v) is 3.26. The highest BCUT2D eigenvalue weighted by Gasteiger charge is 2.13. The Balaban J connectivity index is 1.75. The van der Waals surface area contributed by atoms with Gasteiger partial charge < -0.3 is 11.1 Å². The molecule has 2 aromatic rings. The second-order valence-electron chi connectivity index (χ2n) is 4.96. The lowest BCUT2D eigenvalue weighted by Gasteiger charge is -2.12. The normalized spacial score (nSPS) is 11.9. The van der Waals surface area contributed by atoms with Crippen LogP contribution in [0.1, 0.15) is 11.1 Å². The molecule has 3 nitrogen and oxygen atoms in total. The Morgan fingerprint density at radius 3 is 2.38 bits per heavy atom. The van der Waals surface area contributed by atoms with Crippen LogP contribution in [0.4, 0.5) is 4.39 Å². The van der Waals surface area contributed by atoms with Crippen molar-refractivity contribution in [3.63, 3.8) is 0 Å². The Morgan fingerprint density at radius 2 is 1.71 bits per heavy atom. The predicted molar refractivity (Wildman–Crippen MR) is 81.2 cm³/mol. The monoisotopic (exact) mass is 286 g/mol. The summed E-state index contributed by atoms with van der Waals surface area (Å²) in [4.78, 5) is 11.9. The number of amides is 1. The summed E-state index contributed by atoms with van der Waals surface area (Å²) >= 11 is 0. The lowest BCUT2D eigenvalue weighted by Crippen LogP contribution is -2.42. The van der Waals surface area contributed by atoms with Crippen LogP contribution in [0.5, 0.6) is 0 Å². The van der Waals surface area contributed by atoms with Crippen molar-refractivity contribution in [3.05, 3.63) is 71.5 Å². The van der Waals surface area contributed by atoms with Gasteiger partial charge in [-0.1, -0.05) is 42.5 Å². The zero-order valence-corrected chi connectivity index (χ0v) is 11.8. The molecule has 3 N–H and O–H groups in total. The molecule has 1 atom stereocenters. The third kappa shape index (κ3) is 5.00. The molecule has 0 saturated carbocycles. The highest BCUT2D eigenvalue weighted by Crippen LogP contribution is 2.04. The lowest BCUT2D eigenvalue weighted by molar-refractivity contribution is -0.122. The first-order valence-corrected chi connectivity index (χ1v) is 6.97. The molecule has 0 aliphatic heterocycles. The zero-order chi connectivity index (χ0) is 15.1. The van der Waals surface area contributed by atoms with Gasteiger partial charge in [0.15, 0.2) is 0 Å². The fourth-order valence-corrected chi connectivity index (χ4v) is 2.07. The number of rotatable bonds is 6. The van der Waals surface area contributed by atoms with E-state index in [4.69, 9.17) is 5.73 Å². The number of benzene rings is 2. The van der Waals surface area contributed by atoms with Crippen LogP contribution in [-0.4, -0.2) is 18.5 Å². The van der Waals surface area contributed by atoms with Crippen LogP contribution in [0.15, 0.2) is 54.6 Å². The molecular weight excluding hydrogens is 267 g/mol. The molecular formula is C17H19FN2O. The van der Waals surface area contributed by atoms with Gasteiger partial charge in [0.05, 0.1) is 6.04 Å². The molecule has 4 heteroatoms. The lowest BCUT2D eigenvalue weighted by atomic mass is 10.1. The molecule has 110 valence electrons. The number of carbonyl (C=O) groups is 1. The highest BCUT2D eigenvalue weighted by molar-refractivity contribution is 5.81. The van der Waals surface area contributed by atoms with Gasteiger partial charge in [0.2, 0.25) is 5.91 Å². The predicted octanol–water partition coefficient (Wildman–Crippen LogP) is 2.05. The van der Waals surface area contributed by atoms with Gasteiger partial charge in [-0.25, -0.2) is 4.39 Å². The van der Waals surface area contributed by atoms with Crippen molar-refractivity contribution in [2.24, 2.45) is 5.73 Å². The Kier molecular flexibility index (Phi) is 5.46. The number of halogens is 1. The average Bonchev–Trinajstić information content (AvgIpc) is 2.50. The minimum atomic E-state index is -0.555. The minimum absolute atomic E-state index is 0.166. The molecule has 1 amide bonds. The van der Waals surface area contributed by atoms with E-state index in [1.165, 1.54) is 12.1 Å². The van der Waals surface area contributed by atoms with Gasteiger partial charge in [-0.05, 0) is 36.1 Å². The van der Waals surface area contributed by atoms with Crippen LogP contribution in [0, 0.1) is 5.82 Å². The van der Waals surface area contributed by atoms with Crippen LogP contribution >= 0.6 is 0 Å². The summed E-state index contributed by atoms with van der Waals surface area (Å²) in [5.74, 6) is -0.423. The molecule has 1 unspecified atom stereocenters. The fraction of sp³-hybridized carbons (Fsp3) is 0.235. The van der Waals surface area contributed by atoms with Crippen LogP contribution < -0.4 is 11.1 Å². The summed E-state index contributed by atoms with van der Waals surface area (Å²) in [5.41, 5.74) is 7.91. The van der Waals surface area contributed by atoms with E-state index in [2.05, 4.69) is 5.32 Å². The van der Waals surface area contributed by atoms with Crippen molar-refractivity contribution in [2.45, 2.75) is 18.9 Å². The van der Waals surface area contributed by atoms with E-state index in [9.17, 15) is 9.18 Å². The Morgan fingerprint density at radius 1 is 1.05 bits per heavy atom. The maximum Gasteiger partial charge on any atom is 0.237 e. The van der Waals surface area contributed by atoms with Gasteiger partial charge in [0, 0.05) is 6.54 Å². The Bertz CT molecular complexity index is 569. The number of hydrogen-bond acceptors (Lipinski definition) is 2. The molecule has 2 aromatic carbocycles. The smallest absolute Gasteiger partial charge is 0.237 e. The van der Waals surface area contributed by atoms with E-state index in [1.54, 1.807) is 12.1 Å². The van der Waals surface area contributed by atoms with Crippen molar-refractivity contribution >= 4 is 5.91 Å². The SMILES string of the molecule is NC(Cc1ccccc1)C(=O)NCCc1ccc(F)cc1. The van der Waals surface area contributed by atoms with Crippen molar-refractivity contribution < 1.29 is 9.18 Å². The molecule has 0 saturated heterocycles. The second-order valence-corrected chi connectivity index (χ2v) is 4.96. The summed E-state index contributed by atoms with van der Waals surface area (Å²) in [6, 6.07) is 15.4. The molecule has 0 radical (unpaired) electrons. The summed E-state index contributed by atoms with van der Waals surface area (Å²) in [6.07, 6.45) is 1.17. The molecule has 0 fully saturated rings. The van der Waals surface area contributed by atoms with E-state index in [1.807, 2.05) is 30.3 Å². The molecule has 2 rings (SSSR count). The topological polar surface area (TPSA) is 55.1 Å². The van der Waals surface area contributed by atoms with E-state index in [0.717, 1.165) is 11.1 Å². The number of nitrogens with two attached hydrogens (primary N) is 1. The Hall–Kier alpha value is -2.20. The maximum absolute atomic E-state index is 12.8. The van der Waals surface area contributed by atoms with Crippen molar-refractivity contribution in [1.82, 2.24) is 5.32 Å². The number of nitrogens with one attached hydrogen (secondary N) is 1. The highest BCUT2D eigenvalue weighted by atomic mass is 19.1. The zero-order valence-electron chi connectivity index (χ0n) is 11.8. The molecule has 0 bridgehead atoms. The average molecular weight is 286 g/mol. The van der Waals surface area contributed by atoms with Gasteiger partial charge in [0.25, 0.3) is 0 Å². The molecule has 0 heterocycles.